The predicted molar refractivity (Wildman–Crippen MR) is 86.8 cm³/mol. The molecule has 2 N–H and O–H groups in total. The number of amides is 2. The first-order valence-electron chi connectivity index (χ1n) is 8.85. The van der Waals surface area contributed by atoms with Crippen molar-refractivity contribution in [3.05, 3.63) is 0 Å². The van der Waals surface area contributed by atoms with E-state index < -0.39 is 6.10 Å². The van der Waals surface area contributed by atoms with Crippen LogP contribution in [0.1, 0.15) is 52.4 Å². The number of aliphatic hydroxyl groups is 1. The van der Waals surface area contributed by atoms with Crippen LogP contribution in [0.2, 0.25) is 0 Å². The molecule has 1 heterocycles. The standard InChI is InChI=1S/C17H32N2O3/c1-3-22-11-9-17(7-4-5-8-17)13-18-16(21)19-10-6-14(2)15(20)12-19/h14-15,20H,3-13H2,1-2H3,(H,18,21). The molecule has 5 heteroatoms. The molecule has 2 aliphatic rings. The Morgan fingerprint density at radius 2 is 2.14 bits per heavy atom. The fraction of sp³-hybridized carbons (Fsp3) is 0.941. The number of carbonyl (C=O) groups excluding carboxylic acids is 1. The summed E-state index contributed by atoms with van der Waals surface area (Å²) in [6.45, 7) is 7.54. The van der Waals surface area contributed by atoms with E-state index in [1.807, 2.05) is 13.8 Å². The maximum Gasteiger partial charge on any atom is 0.317 e. The highest BCUT2D eigenvalue weighted by Crippen LogP contribution is 2.40. The van der Waals surface area contributed by atoms with Crippen LogP contribution in [0.5, 0.6) is 0 Å². The number of hydrogen-bond acceptors (Lipinski definition) is 3. The molecule has 0 bridgehead atoms. The number of hydrogen-bond donors (Lipinski definition) is 2. The van der Waals surface area contributed by atoms with Crippen LogP contribution in [0.25, 0.3) is 0 Å². The molecule has 1 saturated heterocycles. The third-order valence-corrected chi connectivity index (χ3v) is 5.47. The summed E-state index contributed by atoms with van der Waals surface area (Å²) in [6, 6.07) is -0.0198. The molecule has 1 aliphatic heterocycles. The minimum Gasteiger partial charge on any atom is -0.391 e. The van der Waals surface area contributed by atoms with Gasteiger partial charge in [-0.25, -0.2) is 4.79 Å². The van der Waals surface area contributed by atoms with Crippen molar-refractivity contribution in [3.63, 3.8) is 0 Å². The maximum absolute atomic E-state index is 12.4. The number of nitrogens with zero attached hydrogens (tertiary/aromatic N) is 1. The molecule has 2 rings (SSSR count). The Balaban J connectivity index is 1.80. The lowest BCUT2D eigenvalue weighted by atomic mass is 9.83. The quantitative estimate of drug-likeness (QED) is 0.740. The van der Waals surface area contributed by atoms with Crippen LogP contribution < -0.4 is 5.32 Å². The fourth-order valence-electron chi connectivity index (χ4n) is 3.68. The molecule has 0 spiro atoms. The van der Waals surface area contributed by atoms with E-state index in [9.17, 15) is 9.90 Å². The van der Waals surface area contributed by atoms with E-state index in [1.54, 1.807) is 4.90 Å². The van der Waals surface area contributed by atoms with E-state index in [1.165, 1.54) is 25.7 Å². The number of aliphatic hydroxyl groups excluding tert-OH is 1. The van der Waals surface area contributed by atoms with Crippen molar-refractivity contribution in [2.24, 2.45) is 11.3 Å². The van der Waals surface area contributed by atoms with Crippen LogP contribution in [0.3, 0.4) is 0 Å². The lowest BCUT2D eigenvalue weighted by Gasteiger charge is -2.36. The molecule has 1 aliphatic carbocycles. The van der Waals surface area contributed by atoms with Gasteiger partial charge in [0, 0.05) is 32.8 Å². The van der Waals surface area contributed by atoms with Crippen molar-refractivity contribution in [3.8, 4) is 0 Å². The number of piperidine rings is 1. The van der Waals surface area contributed by atoms with Crippen molar-refractivity contribution in [1.29, 1.82) is 0 Å². The van der Waals surface area contributed by atoms with Gasteiger partial charge in [-0.05, 0) is 43.9 Å². The third-order valence-electron chi connectivity index (χ3n) is 5.47. The van der Waals surface area contributed by atoms with E-state index in [2.05, 4.69) is 5.32 Å². The van der Waals surface area contributed by atoms with Crippen LogP contribution in [0.15, 0.2) is 0 Å². The van der Waals surface area contributed by atoms with Gasteiger partial charge in [-0.2, -0.15) is 0 Å². The summed E-state index contributed by atoms with van der Waals surface area (Å²) in [7, 11) is 0. The minimum atomic E-state index is -0.391. The van der Waals surface area contributed by atoms with Crippen LogP contribution in [-0.4, -0.2) is 55.0 Å². The van der Waals surface area contributed by atoms with Crippen LogP contribution in [0, 0.1) is 11.3 Å². The molecule has 5 nitrogen and oxygen atoms in total. The number of ether oxygens (including phenoxy) is 1. The summed E-state index contributed by atoms with van der Waals surface area (Å²) < 4.78 is 5.51. The lowest BCUT2D eigenvalue weighted by Crippen LogP contribution is -2.51. The van der Waals surface area contributed by atoms with Crippen molar-refractivity contribution >= 4 is 6.03 Å². The summed E-state index contributed by atoms with van der Waals surface area (Å²) >= 11 is 0. The van der Waals surface area contributed by atoms with Crippen LogP contribution in [-0.2, 0) is 4.74 Å². The molecule has 2 unspecified atom stereocenters. The van der Waals surface area contributed by atoms with Gasteiger partial charge >= 0.3 is 6.03 Å². The molecule has 0 aromatic carbocycles. The van der Waals surface area contributed by atoms with E-state index in [0.717, 1.165) is 39.1 Å². The van der Waals surface area contributed by atoms with Crippen LogP contribution in [0.4, 0.5) is 4.79 Å². The summed E-state index contributed by atoms with van der Waals surface area (Å²) in [4.78, 5) is 14.1. The smallest absolute Gasteiger partial charge is 0.317 e. The summed E-state index contributed by atoms with van der Waals surface area (Å²) in [5, 5.41) is 13.1. The Bertz CT molecular complexity index is 356. The zero-order chi connectivity index (χ0) is 16.0. The van der Waals surface area contributed by atoms with E-state index in [4.69, 9.17) is 4.74 Å². The zero-order valence-corrected chi connectivity index (χ0v) is 14.1. The molecule has 2 atom stereocenters. The molecule has 0 aromatic rings. The second kappa shape index (κ2) is 8.16. The number of nitrogens with one attached hydrogen (secondary N) is 1. The van der Waals surface area contributed by atoms with Crippen molar-refractivity contribution in [2.75, 3.05) is 32.8 Å². The van der Waals surface area contributed by atoms with Gasteiger partial charge in [0.05, 0.1) is 6.10 Å². The van der Waals surface area contributed by atoms with Gasteiger partial charge in [0.25, 0.3) is 0 Å². The second-order valence-corrected chi connectivity index (χ2v) is 7.09. The van der Waals surface area contributed by atoms with E-state index >= 15 is 0 Å². The number of carbonyl (C=O) groups is 1. The van der Waals surface area contributed by atoms with E-state index in [-0.39, 0.29) is 17.4 Å². The van der Waals surface area contributed by atoms with Gasteiger partial charge in [-0.15, -0.1) is 0 Å². The summed E-state index contributed by atoms with van der Waals surface area (Å²) in [5.74, 6) is 0.288. The fourth-order valence-corrected chi connectivity index (χ4v) is 3.68. The lowest BCUT2D eigenvalue weighted by molar-refractivity contribution is 0.0424. The van der Waals surface area contributed by atoms with Gasteiger partial charge in [-0.3, -0.25) is 0 Å². The number of rotatable bonds is 6. The molecular weight excluding hydrogens is 280 g/mol. The summed E-state index contributed by atoms with van der Waals surface area (Å²) in [6.07, 6.45) is 6.38. The average Bonchev–Trinajstić information content (AvgIpc) is 2.97. The normalized spacial score (nSPS) is 27.9. The SMILES string of the molecule is CCOCCC1(CNC(=O)N2CCC(C)C(O)C2)CCCC1. The molecule has 2 fully saturated rings. The molecule has 22 heavy (non-hydrogen) atoms. The van der Waals surface area contributed by atoms with Gasteiger partial charge in [0.2, 0.25) is 0 Å². The Morgan fingerprint density at radius 1 is 1.41 bits per heavy atom. The number of β-amino-alcohol motifs (C(OH)–C–C–N with tert-alkyl or cyclic N) is 1. The van der Waals surface area contributed by atoms with Crippen LogP contribution >= 0.6 is 0 Å². The predicted octanol–water partition coefficient (Wildman–Crippen LogP) is 2.39. The third kappa shape index (κ3) is 4.59. The Morgan fingerprint density at radius 3 is 2.77 bits per heavy atom. The van der Waals surface area contributed by atoms with Gasteiger partial charge in [0.15, 0.2) is 0 Å². The largest absolute Gasteiger partial charge is 0.391 e. The summed E-state index contributed by atoms with van der Waals surface area (Å²) in [5.41, 5.74) is 0.215. The van der Waals surface area contributed by atoms with Gasteiger partial charge in [-0.1, -0.05) is 19.8 Å². The zero-order valence-electron chi connectivity index (χ0n) is 14.1. The van der Waals surface area contributed by atoms with E-state index in [0.29, 0.717) is 6.54 Å². The first kappa shape index (κ1) is 17.5. The molecule has 1 saturated carbocycles. The second-order valence-electron chi connectivity index (χ2n) is 7.09. The van der Waals surface area contributed by atoms with Crippen molar-refractivity contribution < 1.29 is 14.6 Å². The average molecular weight is 312 g/mol. The Hall–Kier alpha value is -0.810. The first-order chi connectivity index (χ1) is 10.6. The molecule has 128 valence electrons. The Labute approximate surface area is 134 Å². The molecule has 0 aromatic heterocycles. The number of urea groups is 1. The Kier molecular flexibility index (Phi) is 6.50. The highest BCUT2D eigenvalue weighted by molar-refractivity contribution is 5.74. The molecule has 0 radical (unpaired) electrons. The molecular formula is C17H32N2O3. The highest BCUT2D eigenvalue weighted by atomic mass is 16.5. The van der Waals surface area contributed by atoms with Crippen molar-refractivity contribution in [2.45, 2.75) is 58.5 Å². The monoisotopic (exact) mass is 312 g/mol. The highest BCUT2D eigenvalue weighted by Gasteiger charge is 2.35. The van der Waals surface area contributed by atoms with Gasteiger partial charge in [0.1, 0.15) is 0 Å². The van der Waals surface area contributed by atoms with Gasteiger partial charge < -0.3 is 20.1 Å². The molecule has 2 amide bonds. The van der Waals surface area contributed by atoms with Crippen molar-refractivity contribution in [1.82, 2.24) is 10.2 Å². The topological polar surface area (TPSA) is 61.8 Å². The maximum atomic E-state index is 12.4. The first-order valence-corrected chi connectivity index (χ1v) is 8.85. The minimum absolute atomic E-state index is 0.0198. The number of likely N-dealkylation sites (tertiary alicyclic amines) is 1.